The zero-order valence-electron chi connectivity index (χ0n) is 13.4. The first-order valence-electron chi connectivity index (χ1n) is 7.89. The van der Waals surface area contributed by atoms with E-state index >= 15 is 0 Å². The molecular weight excluding hydrogens is 323 g/mol. The predicted molar refractivity (Wildman–Crippen MR) is 94.2 cm³/mol. The number of hydrogen-bond acceptors (Lipinski definition) is 3. The smallest absolute Gasteiger partial charge is 0.321 e. The van der Waals surface area contributed by atoms with Crippen LogP contribution < -0.4 is 10.2 Å². The Kier molecular flexibility index (Phi) is 4.79. The highest BCUT2D eigenvalue weighted by Gasteiger charge is 2.18. The quantitative estimate of drug-likeness (QED) is 0.662. The molecule has 5 nitrogen and oxygen atoms in total. The summed E-state index contributed by atoms with van der Waals surface area (Å²) < 4.78 is 13.6. The Morgan fingerprint density at radius 1 is 1.12 bits per heavy atom. The van der Waals surface area contributed by atoms with Crippen LogP contribution in [0.1, 0.15) is 27.9 Å². The van der Waals surface area contributed by atoms with Gasteiger partial charge in [0.2, 0.25) is 0 Å². The Morgan fingerprint density at radius 2 is 1.84 bits per heavy atom. The van der Waals surface area contributed by atoms with Crippen LogP contribution in [-0.4, -0.2) is 30.5 Å². The zero-order chi connectivity index (χ0) is 17.8. The largest absolute Gasteiger partial charge is 0.504 e. The molecule has 128 valence electrons. The molecule has 2 N–H and O–H groups in total. The molecule has 0 aliphatic carbocycles. The van der Waals surface area contributed by atoms with E-state index in [1.54, 1.807) is 17.1 Å². The van der Waals surface area contributed by atoms with E-state index in [0.717, 1.165) is 23.7 Å². The molecule has 1 fully saturated rings. The second-order valence-corrected chi connectivity index (χ2v) is 5.72. The normalized spacial score (nSPS) is 14.6. The first-order valence-corrected chi connectivity index (χ1v) is 7.89. The van der Waals surface area contributed by atoms with Gasteiger partial charge in [-0.25, -0.2) is 9.18 Å². The van der Waals surface area contributed by atoms with Crippen molar-refractivity contribution in [1.82, 2.24) is 5.32 Å². The highest BCUT2D eigenvalue weighted by molar-refractivity contribution is 5.92. The molecule has 1 heterocycles. The van der Waals surface area contributed by atoms with Gasteiger partial charge in [0, 0.05) is 18.8 Å². The van der Waals surface area contributed by atoms with E-state index in [1.807, 2.05) is 24.3 Å². The maximum absolute atomic E-state index is 13.6. The predicted octanol–water partition coefficient (Wildman–Crippen LogP) is 3.43. The number of hydrogen-bond donors (Lipinski definition) is 2. The standard InChI is InChI=1S/C19H17FN2O3/c20-17-11-14(10-15(12-23)18(17)24)3-2-13-4-6-16(7-5-13)22-9-1-8-21-19(22)25/h2-7,10-12,24H,1,8-9H2,(H,21,25)/b3-2+. The summed E-state index contributed by atoms with van der Waals surface area (Å²) in [7, 11) is 0. The number of carbonyl (C=O) groups is 2. The molecule has 1 aliphatic heterocycles. The molecule has 0 atom stereocenters. The molecule has 3 rings (SSSR count). The SMILES string of the molecule is O=Cc1cc(/C=C/c2ccc(N3CCCNC3=O)cc2)cc(F)c1O. The number of urea groups is 1. The fourth-order valence-corrected chi connectivity index (χ4v) is 2.66. The molecule has 0 saturated carbocycles. The summed E-state index contributed by atoms with van der Waals surface area (Å²) in [6.45, 7) is 1.38. The van der Waals surface area contributed by atoms with Crippen LogP contribution in [-0.2, 0) is 0 Å². The minimum Gasteiger partial charge on any atom is -0.504 e. The number of phenolic OH excluding ortho intramolecular Hbond substituents is 1. The number of nitrogens with one attached hydrogen (secondary N) is 1. The summed E-state index contributed by atoms with van der Waals surface area (Å²) in [4.78, 5) is 24.3. The Labute approximate surface area is 144 Å². The van der Waals surface area contributed by atoms with Gasteiger partial charge in [-0.15, -0.1) is 0 Å². The van der Waals surface area contributed by atoms with Crippen LogP contribution in [0.4, 0.5) is 14.9 Å². The van der Waals surface area contributed by atoms with Crippen LogP contribution in [0.25, 0.3) is 12.2 Å². The molecule has 1 saturated heterocycles. The highest BCUT2D eigenvalue weighted by atomic mass is 19.1. The lowest BCUT2D eigenvalue weighted by molar-refractivity contribution is 0.112. The van der Waals surface area contributed by atoms with Crippen molar-refractivity contribution in [2.24, 2.45) is 0 Å². The minimum absolute atomic E-state index is 0.0916. The topological polar surface area (TPSA) is 69.6 Å². The number of halogens is 1. The van der Waals surface area contributed by atoms with Crippen molar-refractivity contribution in [3.05, 3.63) is 58.9 Å². The number of aromatic hydroxyl groups is 1. The van der Waals surface area contributed by atoms with Crippen molar-refractivity contribution >= 4 is 30.2 Å². The third-order valence-electron chi connectivity index (χ3n) is 4.00. The minimum atomic E-state index is -0.837. The van der Waals surface area contributed by atoms with E-state index in [9.17, 15) is 19.1 Å². The average Bonchev–Trinajstić information content (AvgIpc) is 2.63. The van der Waals surface area contributed by atoms with Crippen molar-refractivity contribution < 1.29 is 19.1 Å². The monoisotopic (exact) mass is 340 g/mol. The number of anilines is 1. The molecule has 2 amide bonds. The third-order valence-corrected chi connectivity index (χ3v) is 4.00. The summed E-state index contributed by atoms with van der Waals surface area (Å²) in [5, 5.41) is 12.2. The summed E-state index contributed by atoms with van der Waals surface area (Å²) >= 11 is 0. The van der Waals surface area contributed by atoms with Gasteiger partial charge in [-0.05, 0) is 41.8 Å². The molecule has 0 bridgehead atoms. The number of benzene rings is 2. The average molecular weight is 340 g/mol. The molecule has 6 heteroatoms. The fourth-order valence-electron chi connectivity index (χ4n) is 2.66. The van der Waals surface area contributed by atoms with Crippen molar-refractivity contribution in [1.29, 1.82) is 0 Å². The van der Waals surface area contributed by atoms with Crippen LogP contribution in [0, 0.1) is 5.82 Å². The Hall–Kier alpha value is -3.15. The van der Waals surface area contributed by atoms with Gasteiger partial charge in [0.05, 0.1) is 5.56 Å². The van der Waals surface area contributed by atoms with Crippen LogP contribution >= 0.6 is 0 Å². The second kappa shape index (κ2) is 7.17. The molecule has 2 aromatic carbocycles. The van der Waals surface area contributed by atoms with E-state index < -0.39 is 11.6 Å². The van der Waals surface area contributed by atoms with E-state index in [0.29, 0.717) is 24.9 Å². The van der Waals surface area contributed by atoms with Gasteiger partial charge < -0.3 is 10.4 Å². The lowest BCUT2D eigenvalue weighted by Gasteiger charge is -2.27. The van der Waals surface area contributed by atoms with Gasteiger partial charge in [0.25, 0.3) is 0 Å². The molecule has 25 heavy (non-hydrogen) atoms. The number of phenols is 1. The van der Waals surface area contributed by atoms with Crippen molar-refractivity contribution in [3.63, 3.8) is 0 Å². The van der Waals surface area contributed by atoms with Crippen LogP contribution in [0.15, 0.2) is 36.4 Å². The molecule has 0 spiro atoms. The Bertz CT molecular complexity index is 831. The van der Waals surface area contributed by atoms with E-state index in [2.05, 4.69) is 5.32 Å². The number of aldehydes is 1. The molecular formula is C19H17FN2O3. The van der Waals surface area contributed by atoms with Gasteiger partial charge in [-0.2, -0.15) is 0 Å². The zero-order valence-corrected chi connectivity index (χ0v) is 13.4. The van der Waals surface area contributed by atoms with Crippen LogP contribution in [0.2, 0.25) is 0 Å². The van der Waals surface area contributed by atoms with Crippen molar-refractivity contribution in [2.75, 3.05) is 18.0 Å². The van der Waals surface area contributed by atoms with Crippen LogP contribution in [0.3, 0.4) is 0 Å². The molecule has 0 aromatic heterocycles. The summed E-state index contributed by atoms with van der Waals surface area (Å²) in [6, 6.07) is 9.86. The highest BCUT2D eigenvalue weighted by Crippen LogP contribution is 2.23. The van der Waals surface area contributed by atoms with Crippen LogP contribution in [0.5, 0.6) is 5.75 Å². The maximum Gasteiger partial charge on any atom is 0.321 e. The summed E-state index contributed by atoms with van der Waals surface area (Å²) in [6.07, 6.45) is 4.73. The van der Waals surface area contributed by atoms with Gasteiger partial charge in [0.15, 0.2) is 17.9 Å². The third kappa shape index (κ3) is 3.68. The van der Waals surface area contributed by atoms with Gasteiger partial charge in [-0.3, -0.25) is 9.69 Å². The Morgan fingerprint density at radius 3 is 2.52 bits per heavy atom. The second-order valence-electron chi connectivity index (χ2n) is 5.72. The van der Waals surface area contributed by atoms with E-state index in [4.69, 9.17) is 0 Å². The Balaban J connectivity index is 1.77. The number of carbonyl (C=O) groups excluding carboxylic acids is 2. The summed E-state index contributed by atoms with van der Waals surface area (Å²) in [5.41, 5.74) is 2.05. The lowest BCUT2D eigenvalue weighted by Crippen LogP contribution is -2.46. The number of nitrogens with zero attached hydrogens (tertiary/aromatic N) is 1. The van der Waals surface area contributed by atoms with Crippen molar-refractivity contribution in [2.45, 2.75) is 6.42 Å². The molecule has 0 unspecified atom stereocenters. The van der Waals surface area contributed by atoms with E-state index in [-0.39, 0.29) is 11.6 Å². The van der Waals surface area contributed by atoms with Gasteiger partial charge in [0.1, 0.15) is 0 Å². The van der Waals surface area contributed by atoms with Gasteiger partial charge >= 0.3 is 6.03 Å². The lowest BCUT2D eigenvalue weighted by atomic mass is 10.1. The van der Waals surface area contributed by atoms with Crippen molar-refractivity contribution in [3.8, 4) is 5.75 Å². The number of amides is 2. The van der Waals surface area contributed by atoms with E-state index in [1.165, 1.54) is 6.07 Å². The molecule has 2 aromatic rings. The first kappa shape index (κ1) is 16.7. The molecule has 1 aliphatic rings. The summed E-state index contributed by atoms with van der Waals surface area (Å²) in [5.74, 6) is -1.48. The maximum atomic E-state index is 13.6. The molecule has 0 radical (unpaired) electrons. The fraction of sp³-hybridized carbons (Fsp3) is 0.158. The first-order chi connectivity index (χ1) is 12.1. The number of rotatable bonds is 4. The van der Waals surface area contributed by atoms with Gasteiger partial charge in [-0.1, -0.05) is 24.3 Å².